The summed E-state index contributed by atoms with van der Waals surface area (Å²) in [4.78, 5) is 0. The predicted octanol–water partition coefficient (Wildman–Crippen LogP) is 10.6. The van der Waals surface area contributed by atoms with E-state index in [1.54, 1.807) is 5.56 Å². The zero-order chi connectivity index (χ0) is 29.6. The lowest BCUT2D eigenvalue weighted by atomic mass is 9.76. The number of hydrogen-bond acceptors (Lipinski definition) is 0. The van der Waals surface area contributed by atoms with Crippen LogP contribution in [0.25, 0.3) is 38.6 Å². The van der Waals surface area contributed by atoms with Crippen LogP contribution >= 0.6 is 0 Å². The van der Waals surface area contributed by atoms with Crippen molar-refractivity contribution in [3.63, 3.8) is 0 Å². The average Bonchev–Trinajstić information content (AvgIpc) is 3.56. The van der Waals surface area contributed by atoms with Crippen LogP contribution in [0.5, 0.6) is 0 Å². The highest BCUT2D eigenvalue weighted by molar-refractivity contribution is 6.14. The van der Waals surface area contributed by atoms with Gasteiger partial charge in [-0.25, -0.2) is 4.57 Å². The molecule has 0 amide bonds. The minimum Gasteiger partial charge on any atom is -0.223 e. The zero-order valence-corrected chi connectivity index (χ0v) is 27.2. The van der Waals surface area contributed by atoms with Crippen molar-refractivity contribution in [2.24, 2.45) is 5.92 Å². The maximum absolute atomic E-state index is 2.71. The van der Waals surface area contributed by atoms with E-state index in [2.05, 4.69) is 111 Å². The molecule has 5 aromatic rings. The van der Waals surface area contributed by atoms with Gasteiger partial charge in [0.1, 0.15) is 17.3 Å². The van der Waals surface area contributed by atoms with E-state index in [9.17, 15) is 0 Å². The number of benzene rings is 3. The fourth-order valence-electron chi connectivity index (χ4n) is 7.84. The number of aryl methyl sites for hydroxylation is 3. The highest BCUT2D eigenvalue weighted by Gasteiger charge is 2.75. The topological polar surface area (TPSA) is 8.29 Å². The number of rotatable bonds is 3. The van der Waals surface area contributed by atoms with Gasteiger partial charge >= 0.3 is 0 Å². The first-order valence-electron chi connectivity index (χ1n) is 15.9. The molecule has 2 heteroatoms. The summed E-state index contributed by atoms with van der Waals surface area (Å²) >= 11 is 0. The third-order valence-electron chi connectivity index (χ3n) is 9.43. The lowest BCUT2D eigenvalue weighted by Gasteiger charge is -2.31. The second-order valence-electron chi connectivity index (χ2n) is 11.2. The third kappa shape index (κ3) is 3.71. The lowest BCUT2D eigenvalue weighted by Crippen LogP contribution is -2.53. The highest BCUT2D eigenvalue weighted by Crippen LogP contribution is 2.69. The first-order valence-corrected chi connectivity index (χ1v) is 15.9. The first-order chi connectivity index (χ1) is 19.4. The van der Waals surface area contributed by atoms with Crippen LogP contribution in [0, 0.1) is 26.7 Å². The fraction of sp³-hybridized carbons (Fsp3) is 0.447. The van der Waals surface area contributed by atoms with Crippen LogP contribution in [-0.4, -0.2) is 4.40 Å². The molecule has 2 unspecified atom stereocenters. The molecule has 0 radical (unpaired) electrons. The molecular formula is C38H51N2+. The molecule has 7 rings (SSSR count). The normalized spacial score (nSPS) is 19.9. The van der Waals surface area contributed by atoms with Gasteiger partial charge in [0, 0.05) is 28.2 Å². The molecule has 2 atom stereocenters. The molecule has 0 bridgehead atoms. The van der Waals surface area contributed by atoms with Gasteiger partial charge in [-0.2, -0.15) is 4.40 Å². The molecule has 2 aliphatic rings. The summed E-state index contributed by atoms with van der Waals surface area (Å²) in [5.74, 6) is 0.588. The summed E-state index contributed by atoms with van der Waals surface area (Å²) in [6.45, 7) is 26.0. The minimum atomic E-state index is 0.154. The lowest BCUT2D eigenvalue weighted by molar-refractivity contribution is -0.720. The SMILES string of the molecule is CC.CC.CC.CCC12CC1(C(C)C)c1cccc3c4cc(C)ccc4n4c(-c5c(C)cccc5C)c[n+]2c4c13. The van der Waals surface area contributed by atoms with Crippen LogP contribution in [-0.2, 0) is 11.0 Å². The van der Waals surface area contributed by atoms with E-state index in [0.29, 0.717) is 5.92 Å². The molecule has 1 aliphatic heterocycles. The summed E-state index contributed by atoms with van der Waals surface area (Å²) in [5, 5.41) is 4.23. The Hall–Kier alpha value is -3.13. The van der Waals surface area contributed by atoms with Gasteiger partial charge in [0.05, 0.1) is 5.39 Å². The Labute approximate surface area is 243 Å². The summed E-state index contributed by atoms with van der Waals surface area (Å²) in [6.07, 6.45) is 4.89. The Morgan fingerprint density at radius 2 is 1.45 bits per heavy atom. The highest BCUT2D eigenvalue weighted by atomic mass is 15.2. The number of aromatic nitrogens is 2. The molecule has 1 saturated carbocycles. The van der Waals surface area contributed by atoms with Crippen LogP contribution in [0.2, 0.25) is 0 Å². The molecule has 1 aliphatic carbocycles. The summed E-state index contributed by atoms with van der Waals surface area (Å²) < 4.78 is 5.30. The predicted molar refractivity (Wildman–Crippen MR) is 176 cm³/mol. The average molecular weight is 536 g/mol. The van der Waals surface area contributed by atoms with Crippen LogP contribution in [0.4, 0.5) is 0 Å². The molecule has 2 nitrogen and oxygen atoms in total. The number of imidazole rings is 1. The minimum absolute atomic E-state index is 0.154. The molecule has 0 N–H and O–H groups in total. The second kappa shape index (κ2) is 11.0. The van der Waals surface area contributed by atoms with Crippen molar-refractivity contribution in [1.29, 1.82) is 0 Å². The van der Waals surface area contributed by atoms with E-state index in [-0.39, 0.29) is 11.0 Å². The Bertz CT molecular complexity index is 1670. The van der Waals surface area contributed by atoms with Crippen LogP contribution in [0.1, 0.15) is 97.4 Å². The molecule has 2 aromatic heterocycles. The van der Waals surface area contributed by atoms with Crippen LogP contribution in [0.3, 0.4) is 0 Å². The summed E-state index contributed by atoms with van der Waals surface area (Å²) in [5.41, 5.74) is 11.3. The maximum Gasteiger partial charge on any atom is 0.296 e. The number of hydrogen-bond donors (Lipinski definition) is 0. The van der Waals surface area contributed by atoms with Crippen LogP contribution < -0.4 is 4.57 Å². The molecule has 212 valence electrons. The molecule has 3 aromatic carbocycles. The largest absolute Gasteiger partial charge is 0.296 e. The van der Waals surface area contributed by atoms with E-state index < -0.39 is 0 Å². The van der Waals surface area contributed by atoms with Gasteiger partial charge < -0.3 is 0 Å². The van der Waals surface area contributed by atoms with E-state index in [1.165, 1.54) is 61.7 Å². The van der Waals surface area contributed by atoms with Crippen molar-refractivity contribution in [3.8, 4) is 11.3 Å². The van der Waals surface area contributed by atoms with Crippen molar-refractivity contribution in [1.82, 2.24) is 4.40 Å². The van der Waals surface area contributed by atoms with E-state index in [1.807, 2.05) is 41.5 Å². The molecule has 3 heterocycles. The Balaban J connectivity index is 0.000000580. The van der Waals surface area contributed by atoms with E-state index in [0.717, 1.165) is 6.42 Å². The number of pyridine rings is 1. The van der Waals surface area contributed by atoms with Gasteiger partial charge in [0.2, 0.25) is 0 Å². The fourth-order valence-corrected chi connectivity index (χ4v) is 7.84. The van der Waals surface area contributed by atoms with Gasteiger partial charge in [-0.15, -0.1) is 0 Å². The monoisotopic (exact) mass is 535 g/mol. The zero-order valence-electron chi connectivity index (χ0n) is 27.2. The van der Waals surface area contributed by atoms with Gasteiger partial charge in [-0.1, -0.05) is 110 Å². The van der Waals surface area contributed by atoms with Crippen LogP contribution in [0.15, 0.2) is 60.8 Å². The second-order valence-corrected chi connectivity index (χ2v) is 11.2. The summed E-state index contributed by atoms with van der Waals surface area (Å²) in [6, 6.07) is 20.8. The van der Waals surface area contributed by atoms with E-state index >= 15 is 0 Å². The van der Waals surface area contributed by atoms with Gasteiger partial charge in [0.15, 0.2) is 5.69 Å². The van der Waals surface area contributed by atoms with Crippen molar-refractivity contribution in [2.75, 3.05) is 0 Å². The Morgan fingerprint density at radius 1 is 0.825 bits per heavy atom. The quantitative estimate of drug-likeness (QED) is 0.160. The van der Waals surface area contributed by atoms with Crippen molar-refractivity contribution < 1.29 is 4.57 Å². The molecule has 0 spiro atoms. The van der Waals surface area contributed by atoms with Crippen molar-refractivity contribution >= 4 is 27.3 Å². The third-order valence-corrected chi connectivity index (χ3v) is 9.43. The van der Waals surface area contributed by atoms with Crippen molar-refractivity contribution in [3.05, 3.63) is 83.0 Å². The Kier molecular flexibility index (Phi) is 8.23. The number of nitrogens with zero attached hydrogens (tertiary/aromatic N) is 2. The molecule has 1 fully saturated rings. The maximum atomic E-state index is 2.71. The molecule has 0 saturated heterocycles. The number of fused-ring (bicyclic) bond motifs is 6. The van der Waals surface area contributed by atoms with Gasteiger partial charge in [0.25, 0.3) is 5.65 Å². The van der Waals surface area contributed by atoms with Gasteiger partial charge in [-0.05, 0) is 61.9 Å². The molecular weight excluding hydrogens is 484 g/mol. The first kappa shape index (κ1) is 29.8. The molecule has 40 heavy (non-hydrogen) atoms. The standard InChI is InChI=1S/C32H33N2.3C2H6/c1-7-31-18-32(31,19(2)3)25-13-9-12-23-24-16-20(4)14-15-26(24)34-27(17-33(31)30(34)29(23)25)28-21(5)10-8-11-22(28)6;3*1-2/h8-17,19H,7,18H2,1-6H3;3*1-2H3/q+1;;;. The van der Waals surface area contributed by atoms with E-state index in [4.69, 9.17) is 0 Å². The smallest absolute Gasteiger partial charge is 0.223 e. The Morgan fingerprint density at radius 3 is 2.05 bits per heavy atom. The van der Waals surface area contributed by atoms with Gasteiger partial charge in [-0.3, -0.25) is 0 Å². The van der Waals surface area contributed by atoms with Crippen molar-refractivity contribution in [2.45, 2.75) is 107 Å². The summed E-state index contributed by atoms with van der Waals surface area (Å²) in [7, 11) is 0.